The van der Waals surface area contributed by atoms with Gasteiger partial charge in [-0.2, -0.15) is 0 Å². The van der Waals surface area contributed by atoms with Crippen molar-refractivity contribution < 1.29 is 4.79 Å². The van der Waals surface area contributed by atoms with Gasteiger partial charge in [0.2, 0.25) is 0 Å². The lowest BCUT2D eigenvalue weighted by Gasteiger charge is -2.25. The molecule has 0 saturated heterocycles. The maximum atomic E-state index is 12.8. The summed E-state index contributed by atoms with van der Waals surface area (Å²) < 4.78 is 0. The first-order valence-electron chi connectivity index (χ1n) is 10.2. The molecule has 4 rings (SSSR count). The van der Waals surface area contributed by atoms with Gasteiger partial charge in [0.1, 0.15) is 5.82 Å². The zero-order valence-electron chi connectivity index (χ0n) is 17.1. The predicted molar refractivity (Wildman–Crippen MR) is 118 cm³/mol. The summed E-state index contributed by atoms with van der Waals surface area (Å²) in [7, 11) is 4.19. The molecule has 5 nitrogen and oxygen atoms in total. The van der Waals surface area contributed by atoms with Crippen molar-refractivity contribution in [1.82, 2.24) is 15.2 Å². The number of hydrogen-bond acceptors (Lipinski definition) is 4. The Morgan fingerprint density at radius 3 is 2.55 bits per heavy atom. The van der Waals surface area contributed by atoms with Crippen molar-refractivity contribution in [2.24, 2.45) is 0 Å². The quantitative estimate of drug-likeness (QED) is 0.618. The predicted octanol–water partition coefficient (Wildman–Crippen LogP) is 3.71. The van der Waals surface area contributed by atoms with Gasteiger partial charge in [-0.1, -0.05) is 48.5 Å². The molecule has 1 atom stereocenters. The van der Waals surface area contributed by atoms with Gasteiger partial charge < -0.3 is 15.5 Å². The van der Waals surface area contributed by atoms with E-state index in [2.05, 4.69) is 53.9 Å². The van der Waals surface area contributed by atoms with E-state index in [0.717, 1.165) is 42.5 Å². The first kappa shape index (κ1) is 19.4. The second-order valence-corrected chi connectivity index (χ2v) is 8.01. The molecule has 150 valence electrons. The lowest BCUT2D eigenvalue weighted by molar-refractivity contribution is 0.0952. The third-order valence-electron chi connectivity index (χ3n) is 5.44. The van der Waals surface area contributed by atoms with E-state index in [-0.39, 0.29) is 5.91 Å². The molecular formula is C24H28N4O. The van der Waals surface area contributed by atoms with Crippen molar-refractivity contribution in [1.29, 1.82) is 0 Å². The maximum Gasteiger partial charge on any atom is 0.252 e. The number of aromatic nitrogens is 1. The van der Waals surface area contributed by atoms with Crippen molar-refractivity contribution in [3.8, 4) is 0 Å². The number of nitrogens with zero attached hydrogens (tertiary/aromatic N) is 2. The Balaban J connectivity index is 1.54. The molecule has 1 amide bonds. The van der Waals surface area contributed by atoms with Crippen LogP contribution in [-0.2, 0) is 6.42 Å². The normalized spacial score (nSPS) is 14.7. The van der Waals surface area contributed by atoms with E-state index in [9.17, 15) is 4.79 Å². The van der Waals surface area contributed by atoms with Gasteiger partial charge in [0.15, 0.2) is 0 Å². The number of hydrogen-bond donors (Lipinski definition) is 2. The van der Waals surface area contributed by atoms with Crippen LogP contribution in [0.5, 0.6) is 0 Å². The second-order valence-electron chi connectivity index (χ2n) is 8.01. The largest absolute Gasteiger partial charge is 0.368 e. The van der Waals surface area contributed by atoms with Crippen LogP contribution in [0.1, 0.15) is 28.8 Å². The van der Waals surface area contributed by atoms with E-state index in [1.54, 1.807) is 0 Å². The summed E-state index contributed by atoms with van der Waals surface area (Å²) in [5.74, 6) is 0.729. The van der Waals surface area contributed by atoms with Crippen molar-refractivity contribution >= 4 is 22.6 Å². The lowest BCUT2D eigenvalue weighted by atomic mass is 10.0. The number of rotatable bonds is 8. The van der Waals surface area contributed by atoms with E-state index >= 15 is 0 Å². The van der Waals surface area contributed by atoms with Crippen LogP contribution in [0.3, 0.4) is 0 Å². The molecule has 1 aromatic heterocycles. The van der Waals surface area contributed by atoms with Gasteiger partial charge in [-0.3, -0.25) is 4.79 Å². The van der Waals surface area contributed by atoms with Crippen LogP contribution < -0.4 is 10.6 Å². The average molecular weight is 389 g/mol. The van der Waals surface area contributed by atoms with E-state index in [1.165, 1.54) is 5.56 Å². The number of nitrogens with one attached hydrogen (secondary N) is 2. The minimum absolute atomic E-state index is 0.0115. The molecule has 29 heavy (non-hydrogen) atoms. The Kier molecular flexibility index (Phi) is 5.76. The number of carbonyl (C=O) groups excluding carboxylic acids is 1. The molecule has 2 N–H and O–H groups in total. The van der Waals surface area contributed by atoms with E-state index in [1.807, 2.05) is 36.4 Å². The SMILES string of the molecule is CN(C)[C@@H](CNc1cc(C(=O)NC2CC2)c2ccccc2n1)Cc1ccccc1. The van der Waals surface area contributed by atoms with E-state index in [4.69, 9.17) is 4.98 Å². The van der Waals surface area contributed by atoms with Crippen molar-refractivity contribution in [3.05, 3.63) is 71.8 Å². The smallest absolute Gasteiger partial charge is 0.252 e. The molecule has 0 spiro atoms. The molecule has 1 aliphatic carbocycles. The third-order valence-corrected chi connectivity index (χ3v) is 5.44. The van der Waals surface area contributed by atoms with Gasteiger partial charge in [0.05, 0.1) is 11.1 Å². The molecular weight excluding hydrogens is 360 g/mol. The fourth-order valence-corrected chi connectivity index (χ4v) is 3.49. The van der Waals surface area contributed by atoms with Crippen LogP contribution in [0.2, 0.25) is 0 Å². The summed E-state index contributed by atoms with van der Waals surface area (Å²) in [5, 5.41) is 7.47. The van der Waals surface area contributed by atoms with E-state index < -0.39 is 0 Å². The Labute approximate surface area is 172 Å². The monoisotopic (exact) mass is 388 g/mol. The highest BCUT2D eigenvalue weighted by Crippen LogP contribution is 2.24. The number of likely N-dealkylation sites (N-methyl/N-ethyl adjacent to an activating group) is 1. The van der Waals surface area contributed by atoms with Crippen LogP contribution in [0.25, 0.3) is 10.9 Å². The van der Waals surface area contributed by atoms with Gasteiger partial charge >= 0.3 is 0 Å². The van der Waals surface area contributed by atoms with Crippen LogP contribution in [0.15, 0.2) is 60.7 Å². The molecule has 2 aromatic carbocycles. The molecule has 1 heterocycles. The third kappa shape index (κ3) is 4.93. The summed E-state index contributed by atoms with van der Waals surface area (Å²) in [6.07, 6.45) is 3.09. The molecule has 5 heteroatoms. The number of amides is 1. The molecule has 1 saturated carbocycles. The summed E-state index contributed by atoms with van der Waals surface area (Å²) in [6.45, 7) is 0.747. The van der Waals surface area contributed by atoms with Gasteiger partial charge in [0, 0.05) is 24.0 Å². The minimum Gasteiger partial charge on any atom is -0.368 e. The van der Waals surface area contributed by atoms with Crippen LogP contribution in [-0.4, -0.2) is 48.5 Å². The van der Waals surface area contributed by atoms with Crippen LogP contribution in [0, 0.1) is 0 Å². The fraction of sp³-hybridized carbons (Fsp3) is 0.333. The van der Waals surface area contributed by atoms with Crippen LogP contribution >= 0.6 is 0 Å². The molecule has 0 bridgehead atoms. The molecule has 0 aliphatic heterocycles. The number of pyridine rings is 1. The number of para-hydroxylation sites is 1. The van der Waals surface area contributed by atoms with Gasteiger partial charge in [-0.15, -0.1) is 0 Å². The number of carbonyl (C=O) groups is 1. The number of anilines is 1. The van der Waals surface area contributed by atoms with Gasteiger partial charge in [0.25, 0.3) is 5.91 Å². The van der Waals surface area contributed by atoms with Crippen molar-refractivity contribution in [2.75, 3.05) is 26.0 Å². The Hall–Kier alpha value is -2.92. The molecule has 0 radical (unpaired) electrons. The lowest BCUT2D eigenvalue weighted by Crippen LogP contribution is -2.36. The summed E-state index contributed by atoms with van der Waals surface area (Å²) in [4.78, 5) is 19.7. The molecule has 0 unspecified atom stereocenters. The van der Waals surface area contributed by atoms with Gasteiger partial charge in [-0.25, -0.2) is 4.98 Å². The number of fused-ring (bicyclic) bond motifs is 1. The first-order chi connectivity index (χ1) is 14.1. The van der Waals surface area contributed by atoms with Crippen molar-refractivity contribution in [2.45, 2.75) is 31.3 Å². The zero-order chi connectivity index (χ0) is 20.2. The second kappa shape index (κ2) is 8.62. The van der Waals surface area contributed by atoms with Crippen LogP contribution in [0.4, 0.5) is 5.82 Å². The topological polar surface area (TPSA) is 57.3 Å². The standard InChI is InChI=1S/C24H28N4O/c1-28(2)19(14-17-8-4-3-5-9-17)16-25-23-15-21(24(29)26-18-12-13-18)20-10-6-7-11-22(20)27-23/h3-11,15,18-19H,12-14,16H2,1-2H3,(H,25,27)(H,26,29)/t19-/m1/s1. The molecule has 1 fully saturated rings. The minimum atomic E-state index is -0.0115. The Morgan fingerprint density at radius 1 is 1.10 bits per heavy atom. The zero-order valence-corrected chi connectivity index (χ0v) is 17.1. The summed E-state index contributed by atoms with van der Waals surface area (Å²) in [5.41, 5.74) is 2.83. The average Bonchev–Trinajstić information content (AvgIpc) is 3.55. The van der Waals surface area contributed by atoms with Crippen molar-refractivity contribution in [3.63, 3.8) is 0 Å². The highest BCUT2D eigenvalue weighted by molar-refractivity contribution is 6.07. The van der Waals surface area contributed by atoms with E-state index in [0.29, 0.717) is 17.6 Å². The first-order valence-corrected chi connectivity index (χ1v) is 10.2. The highest BCUT2D eigenvalue weighted by atomic mass is 16.1. The highest BCUT2D eigenvalue weighted by Gasteiger charge is 2.25. The number of benzene rings is 2. The maximum absolute atomic E-state index is 12.8. The Bertz CT molecular complexity index is 983. The Morgan fingerprint density at radius 2 is 1.83 bits per heavy atom. The fourth-order valence-electron chi connectivity index (χ4n) is 3.49. The molecule has 1 aliphatic rings. The molecule has 3 aromatic rings. The van der Waals surface area contributed by atoms with Gasteiger partial charge in [-0.05, 0) is 51.1 Å². The summed E-state index contributed by atoms with van der Waals surface area (Å²) in [6, 6.07) is 20.9. The summed E-state index contributed by atoms with van der Waals surface area (Å²) >= 11 is 0.